The quantitative estimate of drug-likeness (QED) is 0.182. The molecule has 1 nitrogen and oxygen atoms in total. The fourth-order valence-corrected chi connectivity index (χ4v) is 8.85. The number of nitrogens with zero attached hydrogens (tertiary/aromatic N) is 1. The predicted molar refractivity (Wildman–Crippen MR) is 196 cm³/mol. The molecule has 0 fully saturated rings. The van der Waals surface area contributed by atoms with Crippen LogP contribution >= 0.6 is 23.5 Å². The molecular weight excluding hydrogens is 595 g/mol. The summed E-state index contributed by atoms with van der Waals surface area (Å²) in [5, 5.41) is 4.90. The van der Waals surface area contributed by atoms with Crippen molar-refractivity contribution < 1.29 is 0 Å². The summed E-state index contributed by atoms with van der Waals surface area (Å²) in [7, 11) is 0. The first kappa shape index (κ1) is 27.2. The summed E-state index contributed by atoms with van der Waals surface area (Å²) in [6, 6.07) is 56.9. The summed E-state index contributed by atoms with van der Waals surface area (Å²) in [4.78, 5) is 10.4. The normalized spacial score (nSPS) is 12.2. The van der Waals surface area contributed by atoms with Gasteiger partial charge in [0.25, 0.3) is 0 Å². The summed E-state index contributed by atoms with van der Waals surface area (Å²) in [5.41, 5.74) is 9.40. The van der Waals surface area contributed by atoms with Crippen LogP contribution in [0.15, 0.2) is 184 Å². The van der Waals surface area contributed by atoms with Crippen molar-refractivity contribution in [1.82, 2.24) is 4.98 Å². The van der Waals surface area contributed by atoms with Gasteiger partial charge < -0.3 is 0 Å². The molecule has 0 aliphatic carbocycles. The Labute approximate surface area is 277 Å². The topological polar surface area (TPSA) is 12.9 Å². The Morgan fingerprint density at radius 3 is 1.43 bits per heavy atom. The summed E-state index contributed by atoms with van der Waals surface area (Å²) in [6.45, 7) is 0. The number of fused-ring (bicyclic) bond motifs is 4. The molecule has 46 heavy (non-hydrogen) atoms. The number of rotatable bonds is 4. The van der Waals surface area contributed by atoms with Crippen molar-refractivity contribution in [3.63, 3.8) is 0 Å². The van der Waals surface area contributed by atoms with E-state index in [9.17, 15) is 0 Å². The third kappa shape index (κ3) is 4.71. The van der Waals surface area contributed by atoms with Gasteiger partial charge >= 0.3 is 0 Å². The van der Waals surface area contributed by atoms with Gasteiger partial charge in [0, 0.05) is 36.9 Å². The van der Waals surface area contributed by atoms with Crippen LogP contribution in [0.2, 0.25) is 0 Å². The van der Waals surface area contributed by atoms with Crippen LogP contribution in [0.5, 0.6) is 0 Å². The third-order valence-corrected chi connectivity index (χ3v) is 11.3. The van der Waals surface area contributed by atoms with Gasteiger partial charge in [-0.1, -0.05) is 151 Å². The average Bonchev–Trinajstić information content (AvgIpc) is 3.13. The summed E-state index contributed by atoms with van der Waals surface area (Å²) >= 11 is 3.70. The Bertz CT molecular complexity index is 2340. The zero-order chi connectivity index (χ0) is 30.5. The smallest absolute Gasteiger partial charge is 0.0714 e. The number of aromatic nitrogens is 1. The van der Waals surface area contributed by atoms with Crippen LogP contribution in [-0.4, -0.2) is 4.98 Å². The lowest BCUT2D eigenvalue weighted by Gasteiger charge is -2.19. The number of pyridine rings is 1. The zero-order valence-corrected chi connectivity index (χ0v) is 26.5. The molecule has 0 N–H and O–H groups in total. The highest BCUT2D eigenvalue weighted by atomic mass is 32.2. The maximum absolute atomic E-state index is 5.11. The van der Waals surface area contributed by atoms with Crippen LogP contribution in [0.25, 0.3) is 66.2 Å². The van der Waals surface area contributed by atoms with Crippen molar-refractivity contribution in [2.45, 2.75) is 19.6 Å². The largest absolute Gasteiger partial charge is 0.256 e. The average molecular weight is 622 g/mol. The van der Waals surface area contributed by atoms with E-state index in [1.807, 2.05) is 29.7 Å². The van der Waals surface area contributed by atoms with E-state index in [-0.39, 0.29) is 0 Å². The minimum absolute atomic E-state index is 0.985. The second kappa shape index (κ2) is 11.4. The molecule has 0 atom stereocenters. The molecule has 8 aromatic rings. The molecule has 0 unspecified atom stereocenters. The molecule has 0 spiro atoms. The van der Waals surface area contributed by atoms with Gasteiger partial charge in [0.1, 0.15) is 0 Å². The van der Waals surface area contributed by atoms with E-state index in [0.29, 0.717) is 0 Å². The molecule has 1 aromatic heterocycles. The van der Waals surface area contributed by atoms with E-state index in [1.165, 1.54) is 74.5 Å². The number of hydrogen-bond acceptors (Lipinski definition) is 3. The molecule has 9 rings (SSSR count). The van der Waals surface area contributed by atoms with Gasteiger partial charge in [-0.15, -0.1) is 0 Å². The van der Waals surface area contributed by atoms with Crippen molar-refractivity contribution in [3.05, 3.63) is 164 Å². The molecule has 2 heterocycles. The molecule has 3 heteroatoms. The van der Waals surface area contributed by atoms with Crippen molar-refractivity contribution in [2.24, 2.45) is 0 Å². The Hall–Kier alpha value is -5.09. The highest BCUT2D eigenvalue weighted by Crippen LogP contribution is 2.49. The van der Waals surface area contributed by atoms with Crippen LogP contribution in [0.3, 0.4) is 0 Å². The number of benzene rings is 7. The van der Waals surface area contributed by atoms with E-state index in [4.69, 9.17) is 4.98 Å². The first-order valence-electron chi connectivity index (χ1n) is 15.4. The monoisotopic (exact) mass is 621 g/mol. The van der Waals surface area contributed by atoms with Crippen LogP contribution in [0.4, 0.5) is 0 Å². The van der Waals surface area contributed by atoms with E-state index in [0.717, 1.165) is 11.3 Å². The fourth-order valence-electron chi connectivity index (χ4n) is 6.60. The highest BCUT2D eigenvalue weighted by molar-refractivity contribution is 8.05. The minimum atomic E-state index is 0.985. The number of hydrogen-bond donors (Lipinski definition) is 0. The van der Waals surface area contributed by atoms with Gasteiger partial charge in [0.05, 0.1) is 5.69 Å². The molecule has 216 valence electrons. The van der Waals surface area contributed by atoms with Gasteiger partial charge in [-0.3, -0.25) is 4.98 Å². The Balaban J connectivity index is 1.13. The van der Waals surface area contributed by atoms with Crippen LogP contribution in [0.1, 0.15) is 0 Å². The lowest BCUT2D eigenvalue weighted by atomic mass is 9.87. The zero-order valence-electron chi connectivity index (χ0n) is 24.9. The van der Waals surface area contributed by atoms with Gasteiger partial charge in [-0.2, -0.15) is 0 Å². The van der Waals surface area contributed by atoms with E-state index in [2.05, 4.69) is 158 Å². The van der Waals surface area contributed by atoms with E-state index < -0.39 is 0 Å². The van der Waals surface area contributed by atoms with E-state index in [1.54, 1.807) is 0 Å². The Morgan fingerprint density at radius 1 is 0.326 bits per heavy atom. The molecule has 0 bridgehead atoms. The molecular formula is C43H27NS2. The van der Waals surface area contributed by atoms with Crippen LogP contribution < -0.4 is 0 Å². The molecule has 0 saturated heterocycles. The lowest BCUT2D eigenvalue weighted by molar-refractivity contribution is 1.16. The molecule has 0 amide bonds. The molecule has 1 aliphatic heterocycles. The van der Waals surface area contributed by atoms with Gasteiger partial charge in [-0.25, -0.2) is 0 Å². The van der Waals surface area contributed by atoms with Crippen molar-refractivity contribution in [2.75, 3.05) is 0 Å². The van der Waals surface area contributed by atoms with Crippen molar-refractivity contribution in [3.8, 4) is 44.6 Å². The summed E-state index contributed by atoms with van der Waals surface area (Å²) in [5.74, 6) is 0. The maximum atomic E-state index is 5.11. The van der Waals surface area contributed by atoms with Gasteiger partial charge in [-0.05, 0) is 79.7 Å². The first-order valence-corrected chi connectivity index (χ1v) is 17.1. The van der Waals surface area contributed by atoms with Crippen LogP contribution in [-0.2, 0) is 0 Å². The fraction of sp³-hybridized carbons (Fsp3) is 0. The maximum Gasteiger partial charge on any atom is 0.0714 e. The van der Waals surface area contributed by atoms with Crippen LogP contribution in [0, 0.1) is 0 Å². The second-order valence-electron chi connectivity index (χ2n) is 11.5. The van der Waals surface area contributed by atoms with E-state index >= 15 is 0 Å². The lowest BCUT2D eigenvalue weighted by Crippen LogP contribution is -1.93. The predicted octanol–water partition coefficient (Wildman–Crippen LogP) is 12.7. The Morgan fingerprint density at radius 2 is 0.804 bits per heavy atom. The molecule has 1 aliphatic rings. The first-order chi connectivity index (χ1) is 22.8. The minimum Gasteiger partial charge on any atom is -0.256 e. The summed E-state index contributed by atoms with van der Waals surface area (Å²) < 4.78 is 0. The molecule has 0 radical (unpaired) electrons. The third-order valence-electron chi connectivity index (χ3n) is 8.80. The van der Waals surface area contributed by atoms with Gasteiger partial charge in [0.15, 0.2) is 0 Å². The van der Waals surface area contributed by atoms with Crippen molar-refractivity contribution in [1.29, 1.82) is 0 Å². The SMILES string of the molecule is c1ccc(-c2ccc(-c3c4ccccc4c(-c4ccc(-c5ccc6c(c5)Sc5ccccc5S6)cn4)c4ccccc34)cc2)cc1. The molecule has 7 aromatic carbocycles. The Kier molecular flexibility index (Phi) is 6.73. The molecule has 0 saturated carbocycles. The van der Waals surface area contributed by atoms with Gasteiger partial charge in [0.2, 0.25) is 0 Å². The standard InChI is InChI=1S/C43H27NS2/c1-2-10-28(11-3-1)29-18-20-30(21-19-29)42-33-12-4-6-14-35(33)43(36-15-7-5-13-34(36)42)37-24-22-32(27-44-37)31-23-25-40-41(26-31)46-39-17-9-8-16-38(39)45-40/h1-27H. The highest BCUT2D eigenvalue weighted by Gasteiger charge is 2.19. The van der Waals surface area contributed by atoms with Crippen molar-refractivity contribution >= 4 is 45.1 Å². The second-order valence-corrected chi connectivity index (χ2v) is 13.7. The summed E-state index contributed by atoms with van der Waals surface area (Å²) in [6.07, 6.45) is 2.03.